The van der Waals surface area contributed by atoms with Gasteiger partial charge in [-0.1, -0.05) is 182 Å². The summed E-state index contributed by atoms with van der Waals surface area (Å²) < 4.78 is 2.47. The van der Waals surface area contributed by atoms with Crippen LogP contribution in [0.5, 0.6) is 0 Å². The van der Waals surface area contributed by atoms with Crippen LogP contribution in [0.1, 0.15) is 22.7 Å². The van der Waals surface area contributed by atoms with Crippen molar-refractivity contribution in [3.63, 3.8) is 0 Å². The molecule has 1 N–H and O–H groups in total. The molecule has 2 heterocycles. The lowest BCUT2D eigenvalue weighted by Crippen LogP contribution is -2.21. The van der Waals surface area contributed by atoms with Gasteiger partial charge in [0.2, 0.25) is 0 Å². The van der Waals surface area contributed by atoms with Crippen LogP contribution in [-0.2, 0) is 0 Å². The molecule has 0 amide bonds. The molecule has 12 aromatic rings. The highest BCUT2D eigenvalue weighted by Gasteiger charge is 2.23. The van der Waals surface area contributed by atoms with E-state index >= 15 is 0 Å². The minimum atomic E-state index is -0.0282. The molecule has 2 nitrogen and oxygen atoms in total. The summed E-state index contributed by atoms with van der Waals surface area (Å²) in [6.45, 7) is 0. The summed E-state index contributed by atoms with van der Waals surface area (Å²) in [6.07, 6.45) is 4.71. The molecule has 63 heavy (non-hydrogen) atoms. The molecule has 13 rings (SSSR count). The van der Waals surface area contributed by atoms with Crippen LogP contribution in [0.2, 0.25) is 0 Å². The van der Waals surface area contributed by atoms with Crippen molar-refractivity contribution in [3.05, 3.63) is 247 Å². The summed E-state index contributed by atoms with van der Waals surface area (Å²) >= 11 is 0. The lowest BCUT2D eigenvalue weighted by Gasteiger charge is -2.26. The number of para-hydroxylation sites is 2. The van der Waals surface area contributed by atoms with Crippen LogP contribution in [0.4, 0.5) is 0 Å². The van der Waals surface area contributed by atoms with E-state index in [-0.39, 0.29) is 6.04 Å². The number of dihydropyridines is 1. The largest absolute Gasteiger partial charge is 0.374 e. The van der Waals surface area contributed by atoms with E-state index in [1.807, 2.05) is 0 Å². The first-order valence-corrected chi connectivity index (χ1v) is 21.9. The molecule has 1 atom stereocenters. The second-order valence-electron chi connectivity index (χ2n) is 16.9. The van der Waals surface area contributed by atoms with E-state index in [9.17, 15) is 0 Å². The molecule has 0 aliphatic carbocycles. The van der Waals surface area contributed by atoms with Crippen molar-refractivity contribution < 1.29 is 0 Å². The van der Waals surface area contributed by atoms with Gasteiger partial charge in [-0.25, -0.2) is 0 Å². The maximum Gasteiger partial charge on any atom is 0.0707 e. The number of nitrogens with zero attached hydrogens (tertiary/aromatic N) is 1. The normalized spacial score (nSPS) is 14.2. The van der Waals surface area contributed by atoms with Gasteiger partial charge in [0.25, 0.3) is 0 Å². The Hall–Kier alpha value is -8.20. The molecule has 294 valence electrons. The van der Waals surface area contributed by atoms with Crippen molar-refractivity contribution in [2.75, 3.05) is 0 Å². The second-order valence-corrected chi connectivity index (χ2v) is 16.9. The molecule has 0 spiro atoms. The van der Waals surface area contributed by atoms with Crippen LogP contribution in [0.3, 0.4) is 0 Å². The van der Waals surface area contributed by atoms with Crippen LogP contribution >= 0.6 is 0 Å². The van der Waals surface area contributed by atoms with Crippen molar-refractivity contribution >= 4 is 86.9 Å². The smallest absolute Gasteiger partial charge is 0.0707 e. The molecule has 0 radical (unpaired) electrons. The van der Waals surface area contributed by atoms with E-state index in [0.717, 1.165) is 5.70 Å². The quantitative estimate of drug-likeness (QED) is 0.172. The fraction of sp³-hybridized carbons (Fsp3) is 0.0164. The van der Waals surface area contributed by atoms with E-state index in [2.05, 4.69) is 240 Å². The number of nitrogens with one attached hydrogen (secondary N) is 1. The summed E-state index contributed by atoms with van der Waals surface area (Å²) in [5.41, 5.74) is 12.0. The first kappa shape index (κ1) is 35.5. The minimum Gasteiger partial charge on any atom is -0.374 e. The third kappa shape index (κ3) is 5.72. The SMILES string of the molecule is C1=C(c2ccc3ccccc3c2)C=C(c2ccc3ccccc3c2)NC1c1ccc(-c2cc3c4ccccc4c4c(c5ccccc5n4-c4ccccc4)c3c3ccccc23)cc1. The third-order valence-corrected chi connectivity index (χ3v) is 13.3. The van der Waals surface area contributed by atoms with Gasteiger partial charge in [-0.2, -0.15) is 0 Å². The molecule has 2 heteroatoms. The first-order valence-electron chi connectivity index (χ1n) is 21.9. The van der Waals surface area contributed by atoms with Crippen molar-refractivity contribution in [1.29, 1.82) is 0 Å². The van der Waals surface area contributed by atoms with Gasteiger partial charge in [0.1, 0.15) is 0 Å². The van der Waals surface area contributed by atoms with Crippen molar-refractivity contribution in [2.24, 2.45) is 0 Å². The molecule has 0 saturated heterocycles. The average Bonchev–Trinajstić information content (AvgIpc) is 3.71. The van der Waals surface area contributed by atoms with E-state index in [4.69, 9.17) is 0 Å². The lowest BCUT2D eigenvalue weighted by atomic mass is 9.87. The number of benzene rings is 11. The Morgan fingerprint density at radius 3 is 1.70 bits per heavy atom. The molecular weight excluding hydrogens is 761 g/mol. The first-order chi connectivity index (χ1) is 31.2. The molecular formula is C61H40N2. The van der Waals surface area contributed by atoms with E-state index in [0.29, 0.717) is 0 Å². The maximum absolute atomic E-state index is 3.95. The van der Waals surface area contributed by atoms with E-state index < -0.39 is 0 Å². The average molecular weight is 801 g/mol. The van der Waals surface area contributed by atoms with Crippen molar-refractivity contribution in [2.45, 2.75) is 6.04 Å². The Morgan fingerprint density at radius 2 is 0.952 bits per heavy atom. The van der Waals surface area contributed by atoms with Crippen LogP contribution in [0, 0.1) is 0 Å². The molecule has 0 fully saturated rings. The molecule has 1 aromatic heterocycles. The summed E-state index contributed by atoms with van der Waals surface area (Å²) in [5, 5.41) is 19.1. The van der Waals surface area contributed by atoms with Crippen molar-refractivity contribution in [1.82, 2.24) is 9.88 Å². The molecule has 0 bridgehead atoms. The molecule has 1 aliphatic rings. The van der Waals surface area contributed by atoms with Gasteiger partial charge in [-0.05, 0) is 125 Å². The summed E-state index contributed by atoms with van der Waals surface area (Å²) in [7, 11) is 0. The number of fused-ring (bicyclic) bond motifs is 12. The Bertz CT molecular complexity index is 3870. The number of aromatic nitrogens is 1. The number of allylic oxidation sites excluding steroid dienone is 2. The summed E-state index contributed by atoms with van der Waals surface area (Å²) in [6, 6.07) is 80.2. The van der Waals surface area contributed by atoms with Gasteiger partial charge in [-0.3, -0.25) is 0 Å². The van der Waals surface area contributed by atoms with Crippen LogP contribution < -0.4 is 5.32 Å². The fourth-order valence-electron chi connectivity index (χ4n) is 10.4. The minimum absolute atomic E-state index is 0.0282. The van der Waals surface area contributed by atoms with Crippen molar-refractivity contribution in [3.8, 4) is 16.8 Å². The highest BCUT2D eigenvalue weighted by atomic mass is 15.0. The van der Waals surface area contributed by atoms with E-state index in [1.54, 1.807) is 0 Å². The topological polar surface area (TPSA) is 17.0 Å². The fourth-order valence-corrected chi connectivity index (χ4v) is 10.4. The third-order valence-electron chi connectivity index (χ3n) is 13.3. The molecule has 1 aliphatic heterocycles. The maximum atomic E-state index is 3.95. The zero-order valence-corrected chi connectivity index (χ0v) is 34.5. The predicted octanol–water partition coefficient (Wildman–Crippen LogP) is 16.0. The predicted molar refractivity (Wildman–Crippen MR) is 268 cm³/mol. The summed E-state index contributed by atoms with van der Waals surface area (Å²) in [4.78, 5) is 0. The van der Waals surface area contributed by atoms with Gasteiger partial charge in [0.15, 0.2) is 0 Å². The Balaban J connectivity index is 0.976. The zero-order chi connectivity index (χ0) is 41.4. The number of hydrogen-bond acceptors (Lipinski definition) is 1. The van der Waals surface area contributed by atoms with Gasteiger partial charge >= 0.3 is 0 Å². The Labute approximate surface area is 365 Å². The Morgan fingerprint density at radius 1 is 0.381 bits per heavy atom. The standard InChI is InChI=1S/C61H40N2/c1-2-18-48(19-3-1)63-58-25-13-12-24-53(58)60-59-51-22-10-8-20-49(51)54(38-55(59)50-21-9-11-23-52(50)61(60)63)41-28-30-42(31-29-41)56-36-47(45-32-26-39-14-4-6-16-43(39)34-45)37-57(62-56)46-33-27-40-15-5-7-17-44(40)35-46/h1-38,56,62H. The van der Waals surface area contributed by atoms with Crippen LogP contribution in [0.25, 0.3) is 104 Å². The molecule has 0 saturated carbocycles. The number of rotatable bonds is 5. The van der Waals surface area contributed by atoms with Gasteiger partial charge < -0.3 is 9.88 Å². The second kappa shape index (κ2) is 14.2. The van der Waals surface area contributed by atoms with Crippen LogP contribution in [-0.4, -0.2) is 4.57 Å². The van der Waals surface area contributed by atoms with Gasteiger partial charge in [0.05, 0.1) is 17.1 Å². The molecule has 11 aromatic carbocycles. The van der Waals surface area contributed by atoms with E-state index in [1.165, 1.54) is 115 Å². The highest BCUT2D eigenvalue weighted by molar-refractivity contribution is 6.38. The van der Waals surface area contributed by atoms with Gasteiger partial charge in [0, 0.05) is 32.9 Å². The summed E-state index contributed by atoms with van der Waals surface area (Å²) in [5.74, 6) is 0. The Kier molecular flexibility index (Phi) is 8.01. The zero-order valence-electron chi connectivity index (χ0n) is 34.5. The molecule has 1 unspecified atom stereocenters. The highest BCUT2D eigenvalue weighted by Crippen LogP contribution is 2.47. The lowest BCUT2D eigenvalue weighted by molar-refractivity contribution is 0.767. The number of hydrogen-bond donors (Lipinski definition) is 1. The van der Waals surface area contributed by atoms with Gasteiger partial charge in [-0.15, -0.1) is 0 Å². The monoisotopic (exact) mass is 800 g/mol. The van der Waals surface area contributed by atoms with Crippen LogP contribution in [0.15, 0.2) is 231 Å².